The maximum atomic E-state index is 13.1. The van der Waals surface area contributed by atoms with Crippen LogP contribution >= 0.6 is 7.60 Å². The van der Waals surface area contributed by atoms with Crippen molar-refractivity contribution in [1.29, 1.82) is 5.26 Å². The highest BCUT2D eigenvalue weighted by atomic mass is 31.2. The summed E-state index contributed by atoms with van der Waals surface area (Å²) in [5.74, 6) is 0.772. The van der Waals surface area contributed by atoms with Crippen molar-refractivity contribution in [3.8, 4) is 17.6 Å². The third-order valence-electron chi connectivity index (χ3n) is 6.04. The van der Waals surface area contributed by atoms with Crippen LogP contribution in [0.25, 0.3) is 0 Å². The zero-order valence-corrected chi connectivity index (χ0v) is 24.8. The monoisotopic (exact) mass is 537 g/mol. The number of carbonyl (C=O) groups excluding carboxylic acids is 1. The first kappa shape index (κ1) is 30.1. The Kier molecular flexibility index (Phi) is 10.8. The third kappa shape index (κ3) is 7.23. The number of cyclic esters (lactones) is 1. The molecule has 1 unspecified atom stereocenters. The van der Waals surface area contributed by atoms with Crippen LogP contribution in [0.3, 0.4) is 0 Å². The van der Waals surface area contributed by atoms with Gasteiger partial charge in [-0.1, -0.05) is 31.3 Å². The normalized spacial score (nSPS) is 14.8. The molecule has 0 aliphatic carbocycles. The van der Waals surface area contributed by atoms with E-state index < -0.39 is 21.3 Å². The first-order chi connectivity index (χ1) is 16.9. The van der Waals surface area contributed by atoms with Gasteiger partial charge in [0.15, 0.2) is 5.66 Å². The van der Waals surface area contributed by atoms with Gasteiger partial charge in [-0.15, -0.1) is 0 Å². The Morgan fingerprint density at radius 1 is 1.22 bits per heavy atom. The van der Waals surface area contributed by atoms with E-state index in [1.807, 2.05) is 19.9 Å². The van der Waals surface area contributed by atoms with Crippen molar-refractivity contribution >= 4 is 21.6 Å². The molecule has 1 heterocycles. The Labute approximate surface area is 216 Å². The van der Waals surface area contributed by atoms with Crippen LogP contribution in [0.5, 0.6) is 11.5 Å². The molecule has 0 bridgehead atoms. The molecule has 0 radical (unpaired) electrons. The van der Waals surface area contributed by atoms with Crippen molar-refractivity contribution in [3.63, 3.8) is 0 Å². The van der Waals surface area contributed by atoms with E-state index in [4.69, 9.17) is 23.3 Å². The third-order valence-corrected chi connectivity index (χ3v) is 10.0. The molecule has 1 aliphatic rings. The average Bonchev–Trinajstić information content (AvgIpc) is 3.19. The summed E-state index contributed by atoms with van der Waals surface area (Å²) in [5, 5.41) is 9.71. The van der Waals surface area contributed by atoms with Crippen LogP contribution in [0.4, 0.5) is 0 Å². The van der Waals surface area contributed by atoms with Crippen LogP contribution in [-0.4, -0.2) is 46.6 Å². The maximum absolute atomic E-state index is 13.1. The minimum Gasteiger partial charge on any atom is -0.496 e. The fraction of sp³-hybridized carbons (Fsp3) is 0.615. The molecular weight excluding hydrogens is 497 g/mol. The number of ether oxygens (including phenoxy) is 3. The number of rotatable bonds is 14. The van der Waals surface area contributed by atoms with Gasteiger partial charge in [-0.3, -0.25) is 4.57 Å². The van der Waals surface area contributed by atoms with Gasteiger partial charge < -0.3 is 23.3 Å². The van der Waals surface area contributed by atoms with Gasteiger partial charge in [0.05, 0.1) is 33.0 Å². The number of nitriles is 1. The van der Waals surface area contributed by atoms with Crippen LogP contribution in [0.2, 0.25) is 25.7 Å². The molecule has 8 nitrogen and oxygen atoms in total. The molecule has 1 atom stereocenters. The number of methoxy groups -OCH3 is 1. The second-order valence-electron chi connectivity index (χ2n) is 10.0. The first-order valence-corrected chi connectivity index (χ1v) is 17.7. The van der Waals surface area contributed by atoms with Crippen LogP contribution in [0, 0.1) is 18.3 Å². The van der Waals surface area contributed by atoms with Crippen molar-refractivity contribution in [3.05, 3.63) is 33.9 Å². The Bertz CT molecular complexity index is 1060. The molecule has 0 aromatic heterocycles. The summed E-state index contributed by atoms with van der Waals surface area (Å²) in [6, 6.07) is 3.05. The smallest absolute Gasteiger partial charge is 0.348 e. The molecule has 2 rings (SSSR count). The van der Waals surface area contributed by atoms with E-state index in [1.54, 1.807) is 21.0 Å². The predicted molar refractivity (Wildman–Crippen MR) is 143 cm³/mol. The van der Waals surface area contributed by atoms with Gasteiger partial charge in [0, 0.05) is 19.2 Å². The van der Waals surface area contributed by atoms with E-state index in [9.17, 15) is 14.6 Å². The van der Waals surface area contributed by atoms with Crippen molar-refractivity contribution in [1.82, 2.24) is 0 Å². The molecule has 0 saturated carbocycles. The van der Waals surface area contributed by atoms with Crippen molar-refractivity contribution < 1.29 is 32.6 Å². The molecule has 0 spiro atoms. The average molecular weight is 538 g/mol. The van der Waals surface area contributed by atoms with Crippen LogP contribution in [0.15, 0.2) is 11.6 Å². The summed E-state index contributed by atoms with van der Waals surface area (Å²) in [7, 11) is -3.33. The van der Waals surface area contributed by atoms with E-state index in [2.05, 4.69) is 25.7 Å². The maximum Gasteiger partial charge on any atom is 0.348 e. The summed E-state index contributed by atoms with van der Waals surface area (Å²) < 4.78 is 41.3. The second-order valence-corrected chi connectivity index (χ2v) is 17.9. The van der Waals surface area contributed by atoms with Gasteiger partial charge in [0.25, 0.3) is 0 Å². The molecule has 0 N–H and O–H groups in total. The lowest BCUT2D eigenvalue weighted by atomic mass is 9.94. The lowest BCUT2D eigenvalue weighted by molar-refractivity contribution is 0.0532. The van der Waals surface area contributed by atoms with Gasteiger partial charge in [0.1, 0.15) is 23.7 Å². The SMILES string of the molecule is CCOP(=O)(OCC)C(C#N)C/C(C)=C/Cc1c(OC)c(C)c2c(c1OCC[Si](C)(C)C)C(=O)OC2. The number of fused-ring (bicyclic) bond motifs is 1. The summed E-state index contributed by atoms with van der Waals surface area (Å²) >= 11 is 0. The first-order valence-electron chi connectivity index (χ1n) is 12.4. The van der Waals surface area contributed by atoms with Gasteiger partial charge >= 0.3 is 13.6 Å². The molecule has 36 heavy (non-hydrogen) atoms. The number of esters is 1. The fourth-order valence-electron chi connectivity index (χ4n) is 4.10. The lowest BCUT2D eigenvalue weighted by Crippen LogP contribution is -2.23. The molecular formula is C26H40NO7PSi. The molecule has 0 amide bonds. The Morgan fingerprint density at radius 2 is 1.86 bits per heavy atom. The minimum absolute atomic E-state index is 0.193. The van der Waals surface area contributed by atoms with Crippen molar-refractivity contribution in [2.24, 2.45) is 0 Å². The zero-order valence-electron chi connectivity index (χ0n) is 22.9. The molecule has 0 fully saturated rings. The molecule has 200 valence electrons. The fourth-order valence-corrected chi connectivity index (χ4v) is 6.62. The summed E-state index contributed by atoms with van der Waals surface area (Å²) in [4.78, 5) is 12.7. The molecule has 1 aliphatic heterocycles. The molecule has 0 saturated heterocycles. The number of carbonyl (C=O) groups is 1. The predicted octanol–water partition coefficient (Wildman–Crippen LogP) is 6.43. The van der Waals surface area contributed by atoms with E-state index >= 15 is 0 Å². The van der Waals surface area contributed by atoms with E-state index in [1.165, 1.54) is 0 Å². The highest BCUT2D eigenvalue weighted by Gasteiger charge is 2.36. The highest BCUT2D eigenvalue weighted by molar-refractivity contribution is 7.55. The molecule has 1 aromatic rings. The summed E-state index contributed by atoms with van der Waals surface area (Å²) in [6.07, 6.45) is 2.58. The van der Waals surface area contributed by atoms with E-state index in [0.717, 1.165) is 28.3 Å². The minimum atomic E-state index is -3.57. The quantitative estimate of drug-likeness (QED) is 0.116. The molecule has 10 heteroatoms. The lowest BCUT2D eigenvalue weighted by Gasteiger charge is -2.22. The van der Waals surface area contributed by atoms with Crippen LogP contribution in [-0.2, 0) is 31.4 Å². The van der Waals surface area contributed by atoms with Gasteiger partial charge in [-0.05, 0) is 52.1 Å². The van der Waals surface area contributed by atoms with Crippen molar-refractivity contribution in [2.75, 3.05) is 26.9 Å². The zero-order chi connectivity index (χ0) is 27.1. The van der Waals surface area contributed by atoms with Gasteiger partial charge in [0.2, 0.25) is 0 Å². The van der Waals surface area contributed by atoms with Crippen LogP contribution < -0.4 is 9.47 Å². The Balaban J connectivity index is 2.44. The summed E-state index contributed by atoms with van der Waals surface area (Å²) in [5.41, 5.74) is 2.80. The number of hydrogen-bond acceptors (Lipinski definition) is 8. The van der Waals surface area contributed by atoms with Gasteiger partial charge in [-0.2, -0.15) is 5.26 Å². The van der Waals surface area contributed by atoms with Gasteiger partial charge in [-0.25, -0.2) is 4.79 Å². The standard InChI is InChI=1S/C26H40NO7PSi/c1-9-33-35(29,34-10-2)20(16-27)15-18(3)11-12-21-24(30-5)19(4)22-17-32-26(28)23(22)25(21)31-13-14-36(6,7)8/h11,20H,9-10,12-15,17H2,1-8H3/b18-11+. The largest absolute Gasteiger partial charge is 0.496 e. The summed E-state index contributed by atoms with van der Waals surface area (Å²) in [6.45, 7) is 15.1. The highest BCUT2D eigenvalue weighted by Crippen LogP contribution is 2.54. The van der Waals surface area contributed by atoms with E-state index in [0.29, 0.717) is 30.1 Å². The second kappa shape index (κ2) is 12.9. The topological polar surface area (TPSA) is 104 Å². The molecule has 1 aromatic carbocycles. The van der Waals surface area contributed by atoms with Crippen LogP contribution in [0.1, 0.15) is 54.2 Å². The Hall–Kier alpha value is -2.11. The number of nitrogens with zero attached hydrogens (tertiary/aromatic N) is 1. The Morgan fingerprint density at radius 3 is 2.39 bits per heavy atom. The number of allylic oxidation sites excluding steroid dienone is 2. The number of hydrogen-bond donors (Lipinski definition) is 0. The van der Waals surface area contributed by atoms with E-state index in [-0.39, 0.29) is 32.2 Å². The van der Waals surface area contributed by atoms with Crippen molar-refractivity contribution in [2.45, 2.75) is 78.5 Å². The number of benzene rings is 1.